The summed E-state index contributed by atoms with van der Waals surface area (Å²) >= 11 is 0. The van der Waals surface area contributed by atoms with Crippen molar-refractivity contribution in [2.45, 2.75) is 88.6 Å². The van der Waals surface area contributed by atoms with Crippen LogP contribution in [0.1, 0.15) is 63.4 Å². The molecule has 7 nitrogen and oxygen atoms in total. The third kappa shape index (κ3) is 4.78. The molecule has 2 fully saturated rings. The highest BCUT2D eigenvalue weighted by Crippen LogP contribution is 2.38. The van der Waals surface area contributed by atoms with Crippen molar-refractivity contribution in [1.29, 1.82) is 0 Å². The Balaban J connectivity index is 1.65. The van der Waals surface area contributed by atoms with Gasteiger partial charge in [0.15, 0.2) is 0 Å². The molecule has 2 aliphatic carbocycles. The minimum absolute atomic E-state index is 0.0877. The van der Waals surface area contributed by atoms with Gasteiger partial charge >= 0.3 is 0 Å². The SMILES string of the molecule is C[C@@H](CC(F)F)Nc1ncc2c(O[C@H]3C[C@@H](O)C3)ncc([C@H]3CC[C@H](O)CC3)c2n1. The molecule has 164 valence electrons. The van der Waals surface area contributed by atoms with Gasteiger partial charge in [-0.05, 0) is 38.5 Å². The van der Waals surface area contributed by atoms with Gasteiger partial charge in [-0.1, -0.05) is 0 Å². The molecule has 2 aromatic heterocycles. The van der Waals surface area contributed by atoms with E-state index >= 15 is 0 Å². The highest BCUT2D eigenvalue weighted by Gasteiger charge is 2.31. The van der Waals surface area contributed by atoms with Crippen molar-refractivity contribution in [1.82, 2.24) is 15.0 Å². The molecule has 0 spiro atoms. The third-order valence-corrected chi connectivity index (χ3v) is 6.01. The quantitative estimate of drug-likeness (QED) is 0.629. The van der Waals surface area contributed by atoms with Gasteiger partial charge in [-0.2, -0.15) is 0 Å². The molecule has 0 unspecified atom stereocenters. The Kier molecular flexibility index (Phi) is 6.29. The number of ether oxygens (including phenoxy) is 1. The van der Waals surface area contributed by atoms with Crippen LogP contribution in [0.25, 0.3) is 10.9 Å². The zero-order chi connectivity index (χ0) is 21.3. The van der Waals surface area contributed by atoms with Crippen LogP contribution >= 0.6 is 0 Å². The lowest BCUT2D eigenvalue weighted by Crippen LogP contribution is -2.37. The summed E-state index contributed by atoms with van der Waals surface area (Å²) in [5.41, 5.74) is 1.66. The number of aliphatic hydroxyl groups excluding tert-OH is 2. The van der Waals surface area contributed by atoms with Crippen molar-refractivity contribution < 1.29 is 23.7 Å². The summed E-state index contributed by atoms with van der Waals surface area (Å²) in [6.45, 7) is 1.67. The maximum absolute atomic E-state index is 12.7. The van der Waals surface area contributed by atoms with Crippen LogP contribution in [0.3, 0.4) is 0 Å². The number of anilines is 1. The molecule has 2 aliphatic rings. The topological polar surface area (TPSA) is 100 Å². The number of hydrogen-bond donors (Lipinski definition) is 3. The minimum Gasteiger partial charge on any atom is -0.474 e. The number of nitrogens with one attached hydrogen (secondary N) is 1. The van der Waals surface area contributed by atoms with Gasteiger partial charge in [0, 0.05) is 43.3 Å². The predicted octanol–water partition coefficient (Wildman–Crippen LogP) is 3.40. The molecule has 4 rings (SSSR count). The zero-order valence-corrected chi connectivity index (χ0v) is 17.0. The van der Waals surface area contributed by atoms with Gasteiger partial charge in [-0.3, -0.25) is 0 Å². The molecule has 0 saturated heterocycles. The van der Waals surface area contributed by atoms with Gasteiger partial charge in [-0.25, -0.2) is 23.7 Å². The Hall–Kier alpha value is -2.13. The van der Waals surface area contributed by atoms with E-state index in [1.54, 1.807) is 19.3 Å². The number of nitrogens with zero attached hydrogens (tertiary/aromatic N) is 3. The molecule has 2 aromatic rings. The van der Waals surface area contributed by atoms with Crippen molar-refractivity contribution in [2.24, 2.45) is 0 Å². The lowest BCUT2D eigenvalue weighted by atomic mass is 9.83. The third-order valence-electron chi connectivity index (χ3n) is 6.01. The lowest BCUT2D eigenvalue weighted by molar-refractivity contribution is -0.0120. The van der Waals surface area contributed by atoms with E-state index in [9.17, 15) is 19.0 Å². The van der Waals surface area contributed by atoms with E-state index in [-0.39, 0.29) is 30.7 Å². The number of aromatic nitrogens is 3. The number of aliphatic hydroxyl groups is 2. The van der Waals surface area contributed by atoms with E-state index in [1.807, 2.05) is 0 Å². The molecule has 0 aliphatic heterocycles. The molecule has 1 atom stereocenters. The summed E-state index contributed by atoms with van der Waals surface area (Å²) in [5, 5.41) is 23.0. The summed E-state index contributed by atoms with van der Waals surface area (Å²) in [5.74, 6) is 0.932. The largest absolute Gasteiger partial charge is 0.474 e. The van der Waals surface area contributed by atoms with Crippen LogP contribution in [0.2, 0.25) is 0 Å². The Bertz CT molecular complexity index is 871. The molecule has 2 heterocycles. The van der Waals surface area contributed by atoms with E-state index in [0.29, 0.717) is 35.6 Å². The van der Waals surface area contributed by atoms with Gasteiger partial charge in [0.1, 0.15) is 6.10 Å². The fourth-order valence-corrected chi connectivity index (χ4v) is 4.20. The Morgan fingerprint density at radius 3 is 2.50 bits per heavy atom. The highest BCUT2D eigenvalue weighted by molar-refractivity contribution is 5.86. The normalized spacial score (nSPS) is 27.7. The van der Waals surface area contributed by atoms with Crippen LogP contribution in [0, 0.1) is 0 Å². The van der Waals surface area contributed by atoms with Crippen LogP contribution in [0.4, 0.5) is 14.7 Å². The second kappa shape index (κ2) is 8.93. The number of hydrogen-bond acceptors (Lipinski definition) is 7. The van der Waals surface area contributed by atoms with Gasteiger partial charge in [0.25, 0.3) is 0 Å². The van der Waals surface area contributed by atoms with E-state index < -0.39 is 12.5 Å². The fraction of sp³-hybridized carbons (Fsp3) is 0.667. The summed E-state index contributed by atoms with van der Waals surface area (Å²) in [7, 11) is 0. The molecule has 0 aromatic carbocycles. The molecule has 9 heteroatoms. The van der Waals surface area contributed by atoms with Crippen molar-refractivity contribution in [3.63, 3.8) is 0 Å². The van der Waals surface area contributed by atoms with Crippen molar-refractivity contribution in [3.8, 4) is 5.88 Å². The van der Waals surface area contributed by atoms with Crippen LogP contribution < -0.4 is 10.1 Å². The van der Waals surface area contributed by atoms with E-state index in [4.69, 9.17) is 4.74 Å². The van der Waals surface area contributed by atoms with Gasteiger partial charge < -0.3 is 20.3 Å². The minimum atomic E-state index is -2.40. The second-order valence-corrected chi connectivity index (χ2v) is 8.52. The highest BCUT2D eigenvalue weighted by atomic mass is 19.3. The first-order valence-electron chi connectivity index (χ1n) is 10.6. The van der Waals surface area contributed by atoms with Gasteiger partial charge in [0.2, 0.25) is 18.3 Å². The number of rotatable bonds is 7. The van der Waals surface area contributed by atoms with Crippen LogP contribution in [-0.4, -0.2) is 55.9 Å². The van der Waals surface area contributed by atoms with Gasteiger partial charge in [-0.15, -0.1) is 0 Å². The smallest absolute Gasteiger partial charge is 0.240 e. The molecule has 30 heavy (non-hydrogen) atoms. The lowest BCUT2D eigenvalue weighted by Gasteiger charge is -2.31. The second-order valence-electron chi connectivity index (χ2n) is 8.52. The molecular formula is C21H28F2N4O3. The summed E-state index contributed by atoms with van der Waals surface area (Å²) < 4.78 is 31.3. The van der Waals surface area contributed by atoms with Crippen molar-refractivity contribution >= 4 is 16.9 Å². The van der Waals surface area contributed by atoms with Gasteiger partial charge in [0.05, 0.1) is 23.1 Å². The van der Waals surface area contributed by atoms with E-state index in [2.05, 4.69) is 20.3 Å². The average molecular weight is 422 g/mol. The summed E-state index contributed by atoms with van der Waals surface area (Å²) in [6.07, 6.45) is 4.27. The van der Waals surface area contributed by atoms with E-state index in [1.165, 1.54) is 0 Å². The standard InChI is InChI=1S/C21H28F2N4O3/c1-11(6-18(22)23)26-21-25-10-17-19(27-21)16(12-2-4-13(28)5-3-12)9-24-20(17)30-15-7-14(29)8-15/h9-15,18,28-29H,2-8H2,1H3,(H,25,26,27)/t11-,12-,13-,14-,15+/m0/s1. The molecule has 2 saturated carbocycles. The first kappa shape index (κ1) is 21.1. The summed E-state index contributed by atoms with van der Waals surface area (Å²) in [4.78, 5) is 13.5. The number of pyridine rings is 1. The predicted molar refractivity (Wildman–Crippen MR) is 108 cm³/mol. The Morgan fingerprint density at radius 2 is 1.83 bits per heavy atom. The van der Waals surface area contributed by atoms with Crippen molar-refractivity contribution in [2.75, 3.05) is 5.32 Å². The molecule has 0 amide bonds. The first-order chi connectivity index (χ1) is 14.4. The molecule has 0 bridgehead atoms. The molecule has 0 radical (unpaired) electrons. The maximum Gasteiger partial charge on any atom is 0.240 e. The first-order valence-corrected chi connectivity index (χ1v) is 10.6. The Labute approximate surface area is 173 Å². The van der Waals surface area contributed by atoms with Crippen LogP contribution in [-0.2, 0) is 0 Å². The van der Waals surface area contributed by atoms with Crippen LogP contribution in [0.15, 0.2) is 12.4 Å². The van der Waals surface area contributed by atoms with E-state index in [0.717, 1.165) is 31.2 Å². The van der Waals surface area contributed by atoms with Crippen molar-refractivity contribution in [3.05, 3.63) is 18.0 Å². The zero-order valence-electron chi connectivity index (χ0n) is 17.0. The number of fused-ring (bicyclic) bond motifs is 1. The monoisotopic (exact) mass is 422 g/mol. The maximum atomic E-state index is 12.7. The molecular weight excluding hydrogens is 394 g/mol. The summed E-state index contributed by atoms with van der Waals surface area (Å²) in [6, 6.07) is -0.468. The number of alkyl halides is 2. The van der Waals surface area contributed by atoms with Crippen LogP contribution in [0.5, 0.6) is 5.88 Å². The fourth-order valence-electron chi connectivity index (χ4n) is 4.20. The average Bonchev–Trinajstić information content (AvgIpc) is 2.67. The molecule has 3 N–H and O–H groups in total. The Morgan fingerprint density at radius 1 is 1.10 bits per heavy atom. The number of halogens is 2.